The Balaban J connectivity index is 2.01. The monoisotopic (exact) mass is 169 g/mol. The van der Waals surface area contributed by atoms with E-state index in [4.69, 9.17) is 12.2 Å². The first-order chi connectivity index (χ1) is 5.31. The van der Waals surface area contributed by atoms with Gasteiger partial charge in [0.25, 0.3) is 0 Å². The van der Waals surface area contributed by atoms with Crippen LogP contribution < -0.4 is 0 Å². The van der Waals surface area contributed by atoms with Crippen LogP contribution in [0.1, 0.15) is 25.7 Å². The van der Waals surface area contributed by atoms with E-state index in [2.05, 4.69) is 11.9 Å². The van der Waals surface area contributed by atoms with Crippen LogP contribution in [-0.2, 0) is 0 Å². The Morgan fingerprint density at radius 3 is 2.64 bits per heavy atom. The Morgan fingerprint density at radius 2 is 2.18 bits per heavy atom. The molecular weight excluding hydrogens is 154 g/mol. The van der Waals surface area contributed by atoms with Crippen LogP contribution in [0, 0.1) is 11.8 Å². The highest BCUT2D eigenvalue weighted by atomic mass is 32.1. The first-order valence-electron chi connectivity index (χ1n) is 4.48. The smallest absolute Gasteiger partial charge is 0.0640 e. The second-order valence-corrected chi connectivity index (χ2v) is 4.22. The summed E-state index contributed by atoms with van der Waals surface area (Å²) in [5, 5.41) is 0. The maximum atomic E-state index is 4.93. The highest BCUT2D eigenvalue weighted by molar-refractivity contribution is 7.78. The first-order valence-corrected chi connectivity index (χ1v) is 4.95. The van der Waals surface area contributed by atoms with E-state index < -0.39 is 0 Å². The summed E-state index contributed by atoms with van der Waals surface area (Å²) in [6.45, 7) is 0. The molecule has 0 spiro atoms. The third kappa shape index (κ3) is 1.18. The van der Waals surface area contributed by atoms with Gasteiger partial charge in [-0.25, -0.2) is 0 Å². The molecule has 0 saturated heterocycles. The number of fused-ring (bicyclic) bond motifs is 2. The zero-order valence-electron chi connectivity index (χ0n) is 6.99. The topological polar surface area (TPSA) is 3.24 Å². The lowest BCUT2D eigenvalue weighted by molar-refractivity contribution is 0.267. The van der Waals surface area contributed by atoms with E-state index in [1.807, 2.05) is 5.49 Å². The Labute approximate surface area is 73.8 Å². The molecule has 2 rings (SSSR count). The molecule has 0 N–H and O–H groups in total. The van der Waals surface area contributed by atoms with Gasteiger partial charge in [-0.2, -0.15) is 0 Å². The van der Waals surface area contributed by atoms with E-state index in [0.29, 0.717) is 0 Å². The van der Waals surface area contributed by atoms with Gasteiger partial charge in [-0.3, -0.25) is 0 Å². The molecule has 11 heavy (non-hydrogen) atoms. The molecular formula is C9H15NS. The highest BCUT2D eigenvalue weighted by Crippen LogP contribution is 2.45. The van der Waals surface area contributed by atoms with Crippen molar-refractivity contribution in [1.29, 1.82) is 0 Å². The van der Waals surface area contributed by atoms with Gasteiger partial charge in [-0.15, -0.1) is 0 Å². The number of hydrogen-bond acceptors (Lipinski definition) is 1. The average Bonchev–Trinajstić information content (AvgIpc) is 2.62. The van der Waals surface area contributed by atoms with Crippen LogP contribution in [0.15, 0.2) is 0 Å². The van der Waals surface area contributed by atoms with Crippen molar-refractivity contribution in [2.75, 3.05) is 7.05 Å². The molecule has 2 saturated carbocycles. The van der Waals surface area contributed by atoms with Crippen molar-refractivity contribution in [3.63, 3.8) is 0 Å². The van der Waals surface area contributed by atoms with Crippen LogP contribution >= 0.6 is 12.2 Å². The Kier molecular flexibility index (Phi) is 1.88. The highest BCUT2D eigenvalue weighted by Gasteiger charge is 2.40. The number of nitrogens with zero attached hydrogens (tertiary/aromatic N) is 1. The van der Waals surface area contributed by atoms with Crippen LogP contribution in [0.25, 0.3) is 0 Å². The lowest BCUT2D eigenvalue weighted by Gasteiger charge is -2.29. The predicted molar refractivity (Wildman–Crippen MR) is 50.7 cm³/mol. The molecule has 2 heteroatoms. The third-order valence-electron chi connectivity index (χ3n) is 3.39. The van der Waals surface area contributed by atoms with Crippen molar-refractivity contribution < 1.29 is 0 Å². The standard InChI is InChI=1S/C9H15NS/c1-10(6-11)9-5-7-2-3-8(9)4-7/h6-9H,2-5H2,1H3. The summed E-state index contributed by atoms with van der Waals surface area (Å²) in [6.07, 6.45) is 5.79. The summed E-state index contributed by atoms with van der Waals surface area (Å²) in [5.41, 5.74) is 1.81. The molecule has 1 nitrogen and oxygen atoms in total. The van der Waals surface area contributed by atoms with Crippen molar-refractivity contribution in [3.8, 4) is 0 Å². The molecule has 2 bridgehead atoms. The summed E-state index contributed by atoms with van der Waals surface area (Å²) < 4.78 is 0. The van der Waals surface area contributed by atoms with Crippen LogP contribution in [0.2, 0.25) is 0 Å². The quantitative estimate of drug-likeness (QED) is 0.582. The Morgan fingerprint density at radius 1 is 1.36 bits per heavy atom. The minimum absolute atomic E-state index is 0.784. The summed E-state index contributed by atoms with van der Waals surface area (Å²) >= 11 is 4.93. The molecule has 0 aromatic carbocycles. The summed E-state index contributed by atoms with van der Waals surface area (Å²) in [5.74, 6) is 1.99. The van der Waals surface area contributed by atoms with Crippen molar-refractivity contribution in [1.82, 2.24) is 4.90 Å². The van der Waals surface area contributed by atoms with Gasteiger partial charge in [0.05, 0.1) is 5.49 Å². The second kappa shape index (κ2) is 2.74. The van der Waals surface area contributed by atoms with Gasteiger partial charge in [0, 0.05) is 13.1 Å². The minimum Gasteiger partial charge on any atom is -0.369 e. The fourth-order valence-corrected chi connectivity index (χ4v) is 2.94. The van der Waals surface area contributed by atoms with Crippen LogP contribution in [0.3, 0.4) is 0 Å². The van der Waals surface area contributed by atoms with Crippen LogP contribution in [0.5, 0.6) is 0 Å². The van der Waals surface area contributed by atoms with Gasteiger partial charge in [0.2, 0.25) is 0 Å². The van der Waals surface area contributed by atoms with E-state index >= 15 is 0 Å². The summed E-state index contributed by atoms with van der Waals surface area (Å²) in [6, 6.07) is 0.784. The molecule has 0 aromatic rings. The van der Waals surface area contributed by atoms with Crippen molar-refractivity contribution in [3.05, 3.63) is 0 Å². The van der Waals surface area contributed by atoms with E-state index in [1.54, 1.807) is 0 Å². The van der Waals surface area contributed by atoms with Gasteiger partial charge in [0.15, 0.2) is 0 Å². The SMILES string of the molecule is CN(C=S)C1CC2CCC1C2. The van der Waals surface area contributed by atoms with Crippen molar-refractivity contribution >= 4 is 17.7 Å². The van der Waals surface area contributed by atoms with E-state index in [0.717, 1.165) is 17.9 Å². The first kappa shape index (κ1) is 7.53. The van der Waals surface area contributed by atoms with E-state index in [1.165, 1.54) is 25.7 Å². The molecule has 0 aliphatic heterocycles. The second-order valence-electron chi connectivity index (χ2n) is 4.01. The fraction of sp³-hybridized carbons (Fsp3) is 0.889. The van der Waals surface area contributed by atoms with Gasteiger partial charge >= 0.3 is 0 Å². The maximum absolute atomic E-state index is 4.93. The zero-order valence-corrected chi connectivity index (χ0v) is 7.81. The lowest BCUT2D eigenvalue weighted by atomic mass is 9.95. The molecule has 0 heterocycles. The average molecular weight is 169 g/mol. The van der Waals surface area contributed by atoms with Gasteiger partial charge < -0.3 is 4.90 Å². The summed E-state index contributed by atoms with van der Waals surface area (Å²) in [4.78, 5) is 2.24. The zero-order chi connectivity index (χ0) is 7.84. The molecule has 2 aliphatic rings. The number of thiocarbonyl (C=S) groups is 1. The molecule has 0 radical (unpaired) electrons. The molecule has 62 valence electrons. The molecule has 0 aromatic heterocycles. The third-order valence-corrected chi connectivity index (χ3v) is 3.72. The Hall–Kier alpha value is -0.110. The lowest BCUT2D eigenvalue weighted by Crippen LogP contribution is -2.34. The predicted octanol–water partition coefficient (Wildman–Crippen LogP) is 2.06. The summed E-state index contributed by atoms with van der Waals surface area (Å²) in [7, 11) is 2.12. The normalized spacial score (nSPS) is 41.0. The largest absolute Gasteiger partial charge is 0.369 e. The van der Waals surface area contributed by atoms with E-state index in [-0.39, 0.29) is 0 Å². The molecule has 3 unspecified atom stereocenters. The Bertz CT molecular complexity index is 169. The fourth-order valence-electron chi connectivity index (χ4n) is 2.79. The van der Waals surface area contributed by atoms with Crippen molar-refractivity contribution in [2.45, 2.75) is 31.7 Å². The van der Waals surface area contributed by atoms with E-state index in [9.17, 15) is 0 Å². The van der Waals surface area contributed by atoms with Crippen LogP contribution in [-0.4, -0.2) is 23.5 Å². The van der Waals surface area contributed by atoms with Gasteiger partial charge in [-0.05, 0) is 31.1 Å². The molecule has 2 fully saturated rings. The molecule has 0 amide bonds. The number of rotatable bonds is 2. The maximum Gasteiger partial charge on any atom is 0.0640 e. The van der Waals surface area contributed by atoms with Gasteiger partial charge in [0.1, 0.15) is 0 Å². The van der Waals surface area contributed by atoms with Crippen molar-refractivity contribution in [2.24, 2.45) is 11.8 Å². The molecule has 3 atom stereocenters. The van der Waals surface area contributed by atoms with Crippen LogP contribution in [0.4, 0.5) is 0 Å². The molecule has 2 aliphatic carbocycles. The van der Waals surface area contributed by atoms with Gasteiger partial charge in [-0.1, -0.05) is 18.6 Å². The minimum atomic E-state index is 0.784. The number of hydrogen-bond donors (Lipinski definition) is 0.